The summed E-state index contributed by atoms with van der Waals surface area (Å²) in [7, 11) is 0. The van der Waals surface area contributed by atoms with Gasteiger partial charge in [-0.1, -0.05) is 25.1 Å². The first-order valence-electron chi connectivity index (χ1n) is 13.9. The Morgan fingerprint density at radius 3 is 2.49 bits per heavy atom. The Balaban J connectivity index is 1.41. The molecular formula is C31H35N5O7. The zero-order valence-corrected chi connectivity index (χ0v) is 24.3. The highest BCUT2D eigenvalue weighted by molar-refractivity contribution is 6.07. The molecule has 1 aliphatic rings. The lowest BCUT2D eigenvalue weighted by molar-refractivity contribution is -0.151. The van der Waals surface area contributed by atoms with Gasteiger partial charge in [0, 0.05) is 24.3 Å². The van der Waals surface area contributed by atoms with Crippen LogP contribution in [0.15, 0.2) is 53.7 Å². The lowest BCUT2D eigenvalue weighted by atomic mass is 10.1. The summed E-state index contributed by atoms with van der Waals surface area (Å²) in [5.41, 5.74) is 9.79. The van der Waals surface area contributed by atoms with Gasteiger partial charge in [0.1, 0.15) is 11.6 Å². The number of aromatic amines is 1. The number of imide groups is 1. The summed E-state index contributed by atoms with van der Waals surface area (Å²) in [6.07, 6.45) is 2.81. The highest BCUT2D eigenvalue weighted by atomic mass is 16.7. The van der Waals surface area contributed by atoms with Crippen LogP contribution >= 0.6 is 0 Å². The van der Waals surface area contributed by atoms with Crippen LogP contribution in [0.3, 0.4) is 0 Å². The van der Waals surface area contributed by atoms with Crippen molar-refractivity contribution in [2.24, 2.45) is 10.7 Å². The van der Waals surface area contributed by atoms with Gasteiger partial charge in [-0.3, -0.25) is 14.4 Å². The van der Waals surface area contributed by atoms with E-state index in [2.05, 4.69) is 15.3 Å². The number of carbonyl (C=O) groups is 4. The number of nitrogens with one attached hydrogen (secondary N) is 2. The number of hydrogen-bond donors (Lipinski definition) is 4. The molecule has 12 nitrogen and oxygen atoms in total. The minimum absolute atomic E-state index is 0.0670. The van der Waals surface area contributed by atoms with Crippen molar-refractivity contribution in [3.8, 4) is 5.75 Å². The minimum Gasteiger partial charge on any atom is -0.508 e. The van der Waals surface area contributed by atoms with E-state index in [1.54, 1.807) is 44.2 Å². The topological polar surface area (TPSA) is 176 Å². The molecule has 0 bridgehead atoms. The summed E-state index contributed by atoms with van der Waals surface area (Å²) in [6, 6.07) is 11.4. The van der Waals surface area contributed by atoms with Crippen LogP contribution in [-0.4, -0.2) is 64.1 Å². The number of H-pyrrole nitrogens is 1. The number of carbonyl (C=O) groups excluding carboxylic acids is 4. The second-order valence-electron chi connectivity index (χ2n) is 10.3. The standard InChI is InChI=1S/C31H35N5O7/c1-4-13-36(31(41)43-17-42-26(38)14-20-6-11-23(37)12-7-20)30(40)24-16-33-27(19(24)3)28(32)35-25-15-21(8-5-18(25)2)29(39)34-22-9-10-22/h5-8,11-12,15-16,22,33,37H,4,9-10,13-14,17H2,1-3H3,(H2,32,35)(H,34,39). The van der Waals surface area contributed by atoms with E-state index >= 15 is 0 Å². The number of aromatic hydroxyl groups is 1. The average molecular weight is 590 g/mol. The molecule has 0 radical (unpaired) electrons. The number of nitrogens with two attached hydrogens (primary N) is 1. The van der Waals surface area contributed by atoms with Crippen molar-refractivity contribution in [2.75, 3.05) is 13.3 Å². The van der Waals surface area contributed by atoms with E-state index in [-0.39, 0.29) is 42.1 Å². The van der Waals surface area contributed by atoms with Crippen LogP contribution in [-0.2, 0) is 20.7 Å². The number of esters is 1. The fraction of sp³-hybridized carbons (Fsp3) is 0.323. The van der Waals surface area contributed by atoms with Crippen LogP contribution in [0.4, 0.5) is 10.5 Å². The Hall–Kier alpha value is -5.13. The Morgan fingerprint density at radius 1 is 1.09 bits per heavy atom. The molecule has 2 aromatic carbocycles. The molecule has 0 unspecified atom stereocenters. The minimum atomic E-state index is -0.968. The maximum Gasteiger partial charge on any atom is 0.419 e. The first kappa shape index (κ1) is 30.8. The highest BCUT2D eigenvalue weighted by Crippen LogP contribution is 2.24. The number of phenolic OH excluding ortho intramolecular Hbond substituents is 1. The monoisotopic (exact) mass is 589 g/mol. The number of amidine groups is 1. The van der Waals surface area contributed by atoms with E-state index in [1.165, 1.54) is 18.3 Å². The molecule has 1 saturated carbocycles. The molecule has 12 heteroatoms. The summed E-state index contributed by atoms with van der Waals surface area (Å²) >= 11 is 0. The molecule has 1 fully saturated rings. The van der Waals surface area contributed by atoms with Crippen LogP contribution in [0.1, 0.15) is 69.3 Å². The SMILES string of the molecule is CCCN(C(=O)OCOC(=O)Cc1ccc(O)cc1)C(=O)c1c[nH]c(C(N)=Nc2cc(C(=O)NC3CC3)ccc2C)c1C. The van der Waals surface area contributed by atoms with Crippen LogP contribution in [0.25, 0.3) is 0 Å². The Bertz CT molecular complexity index is 1540. The number of nitrogens with zero attached hydrogens (tertiary/aromatic N) is 2. The van der Waals surface area contributed by atoms with E-state index in [0.717, 1.165) is 23.3 Å². The molecule has 0 aliphatic heterocycles. The molecule has 0 saturated heterocycles. The fourth-order valence-corrected chi connectivity index (χ4v) is 4.24. The van der Waals surface area contributed by atoms with Gasteiger partial charge < -0.3 is 30.6 Å². The lowest BCUT2D eigenvalue weighted by Crippen LogP contribution is -2.38. The summed E-state index contributed by atoms with van der Waals surface area (Å²) < 4.78 is 10.0. The average Bonchev–Trinajstić information content (AvgIpc) is 3.71. The zero-order chi connectivity index (χ0) is 31.1. The summed E-state index contributed by atoms with van der Waals surface area (Å²) in [5, 5.41) is 12.3. The molecule has 5 N–H and O–H groups in total. The number of rotatable bonds is 11. The van der Waals surface area contributed by atoms with Gasteiger partial charge in [0.25, 0.3) is 11.8 Å². The Kier molecular flexibility index (Phi) is 9.81. The predicted octanol–water partition coefficient (Wildman–Crippen LogP) is 4.00. The van der Waals surface area contributed by atoms with Gasteiger partial charge in [0.15, 0.2) is 0 Å². The summed E-state index contributed by atoms with van der Waals surface area (Å²) in [5.74, 6) is -1.26. The molecule has 43 heavy (non-hydrogen) atoms. The molecule has 4 rings (SSSR count). The third-order valence-corrected chi connectivity index (χ3v) is 6.85. The van der Waals surface area contributed by atoms with Gasteiger partial charge in [-0.05, 0) is 74.1 Å². The summed E-state index contributed by atoms with van der Waals surface area (Å²) in [4.78, 5) is 59.1. The largest absolute Gasteiger partial charge is 0.508 e. The van der Waals surface area contributed by atoms with Crippen molar-refractivity contribution in [3.05, 3.63) is 82.2 Å². The first-order valence-corrected chi connectivity index (χ1v) is 13.9. The molecule has 3 aromatic rings. The first-order chi connectivity index (χ1) is 20.6. The predicted molar refractivity (Wildman–Crippen MR) is 158 cm³/mol. The molecule has 1 heterocycles. The number of ether oxygens (including phenoxy) is 2. The van der Waals surface area contributed by atoms with Gasteiger partial charge in [-0.15, -0.1) is 0 Å². The second kappa shape index (κ2) is 13.7. The van der Waals surface area contributed by atoms with Gasteiger partial charge in [0.05, 0.1) is 23.4 Å². The van der Waals surface area contributed by atoms with Gasteiger partial charge in [-0.25, -0.2) is 14.7 Å². The molecule has 226 valence electrons. The van der Waals surface area contributed by atoms with Crippen LogP contribution in [0.2, 0.25) is 0 Å². The van der Waals surface area contributed by atoms with E-state index in [0.29, 0.717) is 34.5 Å². The third-order valence-electron chi connectivity index (χ3n) is 6.85. The quantitative estimate of drug-likeness (QED) is 0.112. The highest BCUT2D eigenvalue weighted by Gasteiger charge is 2.28. The fourth-order valence-electron chi connectivity index (χ4n) is 4.24. The van der Waals surface area contributed by atoms with Crippen molar-refractivity contribution < 1.29 is 33.8 Å². The maximum atomic E-state index is 13.4. The molecular weight excluding hydrogens is 554 g/mol. The smallest absolute Gasteiger partial charge is 0.419 e. The van der Waals surface area contributed by atoms with Crippen molar-refractivity contribution in [1.29, 1.82) is 0 Å². The zero-order valence-electron chi connectivity index (χ0n) is 24.3. The molecule has 0 atom stereocenters. The molecule has 0 spiro atoms. The van der Waals surface area contributed by atoms with Gasteiger partial charge in [-0.2, -0.15) is 0 Å². The second-order valence-corrected chi connectivity index (χ2v) is 10.3. The normalized spacial score (nSPS) is 12.9. The van der Waals surface area contributed by atoms with E-state index in [4.69, 9.17) is 15.2 Å². The summed E-state index contributed by atoms with van der Waals surface area (Å²) in [6.45, 7) is 4.72. The number of aromatic nitrogens is 1. The van der Waals surface area contributed by atoms with Crippen molar-refractivity contribution in [1.82, 2.24) is 15.2 Å². The maximum absolute atomic E-state index is 13.4. The molecule has 1 aromatic heterocycles. The van der Waals surface area contributed by atoms with E-state index in [9.17, 15) is 24.3 Å². The van der Waals surface area contributed by atoms with Crippen molar-refractivity contribution in [2.45, 2.75) is 52.5 Å². The van der Waals surface area contributed by atoms with Gasteiger partial charge in [0.2, 0.25) is 6.79 Å². The Labute approximate surface area is 248 Å². The lowest BCUT2D eigenvalue weighted by Gasteiger charge is -2.19. The van der Waals surface area contributed by atoms with Crippen LogP contribution < -0.4 is 11.1 Å². The number of aryl methyl sites for hydroxylation is 1. The number of benzene rings is 2. The number of phenols is 1. The van der Waals surface area contributed by atoms with E-state index in [1.807, 2.05) is 6.92 Å². The van der Waals surface area contributed by atoms with Crippen molar-refractivity contribution >= 4 is 35.4 Å². The van der Waals surface area contributed by atoms with E-state index < -0.39 is 24.8 Å². The number of hydrogen-bond acceptors (Lipinski definition) is 8. The number of amides is 3. The van der Waals surface area contributed by atoms with Crippen LogP contribution in [0, 0.1) is 13.8 Å². The molecule has 1 aliphatic carbocycles. The number of aliphatic imine (C=N–C) groups is 1. The molecule has 3 amide bonds. The van der Waals surface area contributed by atoms with Crippen LogP contribution in [0.5, 0.6) is 5.75 Å². The van der Waals surface area contributed by atoms with Crippen molar-refractivity contribution in [3.63, 3.8) is 0 Å². The van der Waals surface area contributed by atoms with Gasteiger partial charge >= 0.3 is 12.1 Å². The third kappa shape index (κ3) is 8.00. The Morgan fingerprint density at radius 2 is 1.81 bits per heavy atom.